The summed E-state index contributed by atoms with van der Waals surface area (Å²) in [5, 5.41) is 16.3. The van der Waals surface area contributed by atoms with Crippen molar-refractivity contribution in [1.82, 2.24) is 10.2 Å². The molecular weight excluding hydrogens is 258 g/mol. The van der Waals surface area contributed by atoms with Gasteiger partial charge in [0.15, 0.2) is 6.04 Å². The molecule has 6 nitrogen and oxygen atoms in total. The van der Waals surface area contributed by atoms with Crippen LogP contribution in [0.4, 0.5) is 0 Å². The summed E-state index contributed by atoms with van der Waals surface area (Å²) in [4.78, 5) is 10.7. The minimum absolute atomic E-state index is 0.0597. The summed E-state index contributed by atoms with van der Waals surface area (Å²) in [6.45, 7) is 6.37. The third-order valence-electron chi connectivity index (χ3n) is 2.97. The Morgan fingerprint density at radius 3 is 2.35 bits per heavy atom. The van der Waals surface area contributed by atoms with Gasteiger partial charge in [-0.05, 0) is 23.1 Å². The lowest BCUT2D eigenvalue weighted by Crippen LogP contribution is -2.20. The van der Waals surface area contributed by atoms with Crippen molar-refractivity contribution in [1.29, 1.82) is 0 Å². The maximum absolute atomic E-state index is 10.7. The predicted molar refractivity (Wildman–Crippen MR) is 73.0 cm³/mol. The molecule has 0 aliphatic carbocycles. The van der Waals surface area contributed by atoms with Crippen LogP contribution in [-0.4, -0.2) is 21.3 Å². The van der Waals surface area contributed by atoms with Crippen LogP contribution in [0, 0.1) is 0 Å². The first kappa shape index (κ1) is 14.2. The van der Waals surface area contributed by atoms with E-state index in [1.165, 1.54) is 5.56 Å². The van der Waals surface area contributed by atoms with Crippen molar-refractivity contribution in [2.75, 3.05) is 0 Å². The molecule has 0 bridgehead atoms. The minimum atomic E-state index is -1.30. The fourth-order valence-electron chi connectivity index (χ4n) is 1.70. The van der Waals surface area contributed by atoms with E-state index in [-0.39, 0.29) is 17.2 Å². The fraction of sp³-hybridized carbons (Fsp3) is 0.357. The highest BCUT2D eigenvalue weighted by molar-refractivity contribution is 5.73. The normalized spacial score (nSPS) is 13.2. The molecule has 6 heteroatoms. The van der Waals surface area contributed by atoms with E-state index in [4.69, 9.17) is 15.3 Å². The van der Waals surface area contributed by atoms with Gasteiger partial charge in [0.1, 0.15) is 0 Å². The zero-order chi connectivity index (χ0) is 14.9. The third kappa shape index (κ3) is 2.85. The zero-order valence-corrected chi connectivity index (χ0v) is 11.6. The maximum atomic E-state index is 10.7. The van der Waals surface area contributed by atoms with E-state index in [9.17, 15) is 4.79 Å². The molecule has 0 aliphatic rings. The van der Waals surface area contributed by atoms with Crippen molar-refractivity contribution in [2.45, 2.75) is 32.2 Å². The second kappa shape index (κ2) is 5.05. The number of nitrogens with two attached hydrogens (primary N) is 1. The molecule has 1 heterocycles. The first-order valence-corrected chi connectivity index (χ1v) is 6.22. The summed E-state index contributed by atoms with van der Waals surface area (Å²) < 4.78 is 5.29. The molecule has 1 aromatic carbocycles. The van der Waals surface area contributed by atoms with Crippen LogP contribution in [0.15, 0.2) is 28.7 Å². The number of carboxylic acid groups (broad SMARTS) is 1. The van der Waals surface area contributed by atoms with Crippen LogP contribution in [0.3, 0.4) is 0 Å². The van der Waals surface area contributed by atoms with Gasteiger partial charge < -0.3 is 15.3 Å². The molecular formula is C14H17N3O3. The van der Waals surface area contributed by atoms with Gasteiger partial charge in [-0.2, -0.15) is 0 Å². The molecule has 0 aliphatic heterocycles. The SMILES string of the molecule is CC(C)(C)c1ccc(-c2nnc(C(N)C(=O)O)o2)cc1. The Labute approximate surface area is 116 Å². The number of carboxylic acids is 1. The third-order valence-corrected chi connectivity index (χ3v) is 2.97. The summed E-state index contributed by atoms with van der Waals surface area (Å²) in [6.07, 6.45) is 0. The standard InChI is InChI=1S/C14H17N3O3/c1-14(2,3)9-6-4-8(5-7-9)11-16-17-12(20-11)10(15)13(18)19/h4-7,10H,15H2,1-3H3,(H,18,19). The first-order chi connectivity index (χ1) is 9.29. The highest BCUT2D eigenvalue weighted by Crippen LogP contribution is 2.26. The van der Waals surface area contributed by atoms with Gasteiger partial charge in [0.2, 0.25) is 11.8 Å². The molecule has 0 radical (unpaired) electrons. The summed E-state index contributed by atoms with van der Waals surface area (Å²) in [5.74, 6) is -1.05. The van der Waals surface area contributed by atoms with E-state index < -0.39 is 12.0 Å². The molecule has 106 valence electrons. The number of aliphatic carboxylic acids is 1. The topological polar surface area (TPSA) is 102 Å². The number of aromatic nitrogens is 2. The van der Waals surface area contributed by atoms with Crippen molar-refractivity contribution in [2.24, 2.45) is 5.73 Å². The number of benzene rings is 1. The molecule has 2 aromatic rings. The van der Waals surface area contributed by atoms with E-state index in [0.29, 0.717) is 0 Å². The Bertz CT molecular complexity index is 611. The Kier molecular flexibility index (Phi) is 3.59. The Morgan fingerprint density at radius 1 is 1.25 bits per heavy atom. The summed E-state index contributed by atoms with van der Waals surface area (Å²) in [7, 11) is 0. The van der Waals surface area contributed by atoms with Gasteiger partial charge in [-0.25, -0.2) is 4.79 Å². The largest absolute Gasteiger partial charge is 0.480 e. The minimum Gasteiger partial charge on any atom is -0.480 e. The van der Waals surface area contributed by atoms with Crippen LogP contribution in [0.2, 0.25) is 0 Å². The van der Waals surface area contributed by atoms with E-state index in [1.54, 1.807) is 0 Å². The van der Waals surface area contributed by atoms with E-state index >= 15 is 0 Å². The molecule has 3 N–H and O–H groups in total. The number of rotatable bonds is 3. The van der Waals surface area contributed by atoms with E-state index in [1.807, 2.05) is 24.3 Å². The Balaban J connectivity index is 2.27. The zero-order valence-electron chi connectivity index (χ0n) is 11.6. The quantitative estimate of drug-likeness (QED) is 0.889. The Morgan fingerprint density at radius 2 is 1.85 bits per heavy atom. The van der Waals surface area contributed by atoms with E-state index in [0.717, 1.165) is 5.56 Å². The highest BCUT2D eigenvalue weighted by atomic mass is 16.4. The summed E-state index contributed by atoms with van der Waals surface area (Å²) in [5.41, 5.74) is 7.39. The number of carbonyl (C=O) groups is 1. The lowest BCUT2D eigenvalue weighted by molar-refractivity contribution is -0.139. The molecule has 0 spiro atoms. The van der Waals surface area contributed by atoms with Crippen LogP contribution in [0.5, 0.6) is 0 Å². The lowest BCUT2D eigenvalue weighted by Gasteiger charge is -2.18. The van der Waals surface area contributed by atoms with Gasteiger partial charge in [-0.1, -0.05) is 32.9 Å². The second-order valence-electron chi connectivity index (χ2n) is 5.59. The Hall–Kier alpha value is -2.21. The van der Waals surface area contributed by atoms with Crippen molar-refractivity contribution >= 4 is 5.97 Å². The van der Waals surface area contributed by atoms with Gasteiger partial charge in [0.25, 0.3) is 0 Å². The monoisotopic (exact) mass is 275 g/mol. The molecule has 20 heavy (non-hydrogen) atoms. The molecule has 1 atom stereocenters. The van der Waals surface area contributed by atoms with Crippen molar-refractivity contribution in [3.8, 4) is 11.5 Å². The predicted octanol–water partition coefficient (Wildman–Crippen LogP) is 2.12. The van der Waals surface area contributed by atoms with Crippen LogP contribution in [-0.2, 0) is 10.2 Å². The number of hydrogen-bond acceptors (Lipinski definition) is 5. The molecule has 0 saturated heterocycles. The first-order valence-electron chi connectivity index (χ1n) is 6.22. The lowest BCUT2D eigenvalue weighted by atomic mass is 9.87. The van der Waals surface area contributed by atoms with Gasteiger partial charge >= 0.3 is 5.97 Å². The molecule has 1 aromatic heterocycles. The highest BCUT2D eigenvalue weighted by Gasteiger charge is 2.22. The van der Waals surface area contributed by atoms with Crippen molar-refractivity contribution < 1.29 is 14.3 Å². The molecule has 0 saturated carbocycles. The number of hydrogen-bond donors (Lipinski definition) is 2. The molecule has 2 rings (SSSR count). The fourth-order valence-corrected chi connectivity index (χ4v) is 1.70. The van der Waals surface area contributed by atoms with Crippen LogP contribution in [0.1, 0.15) is 38.3 Å². The van der Waals surface area contributed by atoms with Gasteiger partial charge in [-0.15, -0.1) is 10.2 Å². The number of nitrogens with zero attached hydrogens (tertiary/aromatic N) is 2. The second-order valence-corrected chi connectivity index (χ2v) is 5.59. The molecule has 0 amide bonds. The van der Waals surface area contributed by atoms with Gasteiger partial charge in [-0.3, -0.25) is 0 Å². The summed E-state index contributed by atoms with van der Waals surface area (Å²) >= 11 is 0. The van der Waals surface area contributed by atoms with E-state index in [2.05, 4.69) is 31.0 Å². The average Bonchev–Trinajstić information content (AvgIpc) is 2.86. The van der Waals surface area contributed by atoms with Crippen molar-refractivity contribution in [3.05, 3.63) is 35.7 Å². The van der Waals surface area contributed by atoms with Crippen molar-refractivity contribution in [3.63, 3.8) is 0 Å². The van der Waals surface area contributed by atoms with Crippen LogP contribution >= 0.6 is 0 Å². The van der Waals surface area contributed by atoms with Gasteiger partial charge in [0, 0.05) is 5.56 Å². The van der Waals surface area contributed by atoms with Crippen LogP contribution in [0.25, 0.3) is 11.5 Å². The molecule has 0 fully saturated rings. The average molecular weight is 275 g/mol. The smallest absolute Gasteiger partial charge is 0.330 e. The maximum Gasteiger partial charge on any atom is 0.330 e. The van der Waals surface area contributed by atoms with Crippen LogP contribution < -0.4 is 5.73 Å². The van der Waals surface area contributed by atoms with Gasteiger partial charge in [0.05, 0.1) is 0 Å². The molecule has 1 unspecified atom stereocenters. The summed E-state index contributed by atoms with van der Waals surface area (Å²) in [6, 6.07) is 6.39.